The maximum Gasteiger partial charge on any atom is 0.417 e. The number of benzene rings is 3. The fourth-order valence-corrected chi connectivity index (χ4v) is 2.26. The molecule has 19 heavy (non-hydrogen) atoms. The van der Waals surface area contributed by atoms with Crippen LogP contribution >= 0.6 is 0 Å². The number of hydrogen-bond donors (Lipinski definition) is 1. The standard InChI is InChI=1S/C15H9F3O/c16-15(17,18)13-5-6-14(19)12-8-10-4-2-1-3-9(10)7-11(12)13/h1-8,19H. The van der Waals surface area contributed by atoms with Crippen LogP contribution in [0.3, 0.4) is 0 Å². The third kappa shape index (κ3) is 1.89. The van der Waals surface area contributed by atoms with E-state index in [1.807, 2.05) is 0 Å². The van der Waals surface area contributed by atoms with Gasteiger partial charge in [0.25, 0.3) is 0 Å². The van der Waals surface area contributed by atoms with E-state index < -0.39 is 11.7 Å². The van der Waals surface area contributed by atoms with E-state index in [4.69, 9.17) is 0 Å². The van der Waals surface area contributed by atoms with Crippen molar-refractivity contribution in [2.24, 2.45) is 0 Å². The summed E-state index contributed by atoms with van der Waals surface area (Å²) >= 11 is 0. The number of rotatable bonds is 0. The average molecular weight is 262 g/mol. The van der Waals surface area contributed by atoms with Crippen LogP contribution in [-0.2, 0) is 6.18 Å². The van der Waals surface area contributed by atoms with Gasteiger partial charge in [-0.25, -0.2) is 0 Å². The van der Waals surface area contributed by atoms with E-state index in [-0.39, 0.29) is 16.5 Å². The van der Waals surface area contributed by atoms with Crippen LogP contribution in [0.25, 0.3) is 21.5 Å². The predicted octanol–water partition coefficient (Wildman–Crippen LogP) is 4.72. The molecule has 0 saturated heterocycles. The Kier molecular flexibility index (Phi) is 2.42. The van der Waals surface area contributed by atoms with Crippen molar-refractivity contribution in [2.75, 3.05) is 0 Å². The first kappa shape index (κ1) is 11.8. The molecule has 4 heteroatoms. The maximum atomic E-state index is 13.0. The van der Waals surface area contributed by atoms with E-state index in [0.29, 0.717) is 5.39 Å². The molecule has 0 saturated carbocycles. The maximum absolute atomic E-state index is 13.0. The summed E-state index contributed by atoms with van der Waals surface area (Å²) in [5.74, 6) is -0.145. The number of aromatic hydroxyl groups is 1. The van der Waals surface area contributed by atoms with Crippen LogP contribution in [0.1, 0.15) is 5.56 Å². The molecule has 0 aromatic heterocycles. The quantitative estimate of drug-likeness (QED) is 0.581. The molecular weight excluding hydrogens is 253 g/mol. The molecule has 0 aliphatic heterocycles. The Morgan fingerprint density at radius 2 is 1.37 bits per heavy atom. The summed E-state index contributed by atoms with van der Waals surface area (Å²) in [6.45, 7) is 0. The van der Waals surface area contributed by atoms with Crippen molar-refractivity contribution in [3.8, 4) is 5.75 Å². The second-order valence-corrected chi connectivity index (χ2v) is 4.37. The zero-order valence-electron chi connectivity index (χ0n) is 9.70. The van der Waals surface area contributed by atoms with Gasteiger partial charge in [-0.3, -0.25) is 0 Å². The van der Waals surface area contributed by atoms with E-state index in [0.717, 1.165) is 17.5 Å². The number of phenolic OH excluding ortho intramolecular Hbond substituents is 1. The molecule has 0 bridgehead atoms. The molecule has 0 aliphatic carbocycles. The third-order valence-electron chi connectivity index (χ3n) is 3.17. The molecule has 3 rings (SSSR count). The van der Waals surface area contributed by atoms with Gasteiger partial charge in [0.1, 0.15) is 5.75 Å². The number of alkyl halides is 3. The van der Waals surface area contributed by atoms with Gasteiger partial charge < -0.3 is 5.11 Å². The molecule has 1 nitrogen and oxygen atoms in total. The molecule has 0 atom stereocenters. The molecule has 0 aliphatic rings. The molecule has 0 spiro atoms. The molecule has 0 fully saturated rings. The number of hydrogen-bond acceptors (Lipinski definition) is 1. The molecule has 0 unspecified atom stereocenters. The van der Waals surface area contributed by atoms with Crippen molar-refractivity contribution in [1.82, 2.24) is 0 Å². The highest BCUT2D eigenvalue weighted by Crippen LogP contribution is 2.39. The highest BCUT2D eigenvalue weighted by Gasteiger charge is 2.32. The molecule has 1 N–H and O–H groups in total. The second-order valence-electron chi connectivity index (χ2n) is 4.37. The van der Waals surface area contributed by atoms with Crippen molar-refractivity contribution in [3.05, 3.63) is 54.1 Å². The lowest BCUT2D eigenvalue weighted by Gasteiger charge is -2.12. The Morgan fingerprint density at radius 1 is 0.789 bits per heavy atom. The Hall–Kier alpha value is -2.23. The van der Waals surface area contributed by atoms with Crippen molar-refractivity contribution < 1.29 is 18.3 Å². The summed E-state index contributed by atoms with van der Waals surface area (Å²) < 4.78 is 38.9. The van der Waals surface area contributed by atoms with Gasteiger partial charge in [0.05, 0.1) is 5.56 Å². The topological polar surface area (TPSA) is 20.2 Å². The molecule has 3 aromatic rings. The van der Waals surface area contributed by atoms with Gasteiger partial charge in [-0.15, -0.1) is 0 Å². The highest BCUT2D eigenvalue weighted by atomic mass is 19.4. The van der Waals surface area contributed by atoms with Crippen molar-refractivity contribution in [2.45, 2.75) is 6.18 Å². The first-order chi connectivity index (χ1) is 8.97. The Balaban J connectivity index is 2.48. The minimum Gasteiger partial charge on any atom is -0.507 e. The minimum atomic E-state index is -4.44. The fourth-order valence-electron chi connectivity index (χ4n) is 2.26. The Bertz CT molecular complexity index is 775. The van der Waals surface area contributed by atoms with Crippen LogP contribution in [-0.4, -0.2) is 5.11 Å². The van der Waals surface area contributed by atoms with Crippen molar-refractivity contribution in [1.29, 1.82) is 0 Å². The lowest BCUT2D eigenvalue weighted by molar-refractivity contribution is -0.136. The average Bonchev–Trinajstić information content (AvgIpc) is 2.36. The summed E-state index contributed by atoms with van der Waals surface area (Å²) in [6, 6.07) is 12.2. The fraction of sp³-hybridized carbons (Fsp3) is 0.0667. The third-order valence-corrected chi connectivity index (χ3v) is 3.17. The lowest BCUT2D eigenvalue weighted by atomic mass is 9.99. The van der Waals surface area contributed by atoms with E-state index >= 15 is 0 Å². The number of fused-ring (bicyclic) bond motifs is 2. The smallest absolute Gasteiger partial charge is 0.417 e. The number of phenols is 1. The van der Waals surface area contributed by atoms with Crippen LogP contribution in [0.2, 0.25) is 0 Å². The van der Waals surface area contributed by atoms with E-state index in [2.05, 4.69) is 0 Å². The zero-order valence-corrected chi connectivity index (χ0v) is 9.70. The van der Waals surface area contributed by atoms with Gasteiger partial charge in [0, 0.05) is 5.39 Å². The summed E-state index contributed by atoms with van der Waals surface area (Å²) in [5, 5.41) is 11.5. The zero-order chi connectivity index (χ0) is 13.6. The van der Waals surface area contributed by atoms with Crippen molar-refractivity contribution >= 4 is 21.5 Å². The predicted molar refractivity (Wildman–Crippen MR) is 68.1 cm³/mol. The van der Waals surface area contributed by atoms with E-state index in [1.54, 1.807) is 30.3 Å². The van der Waals surface area contributed by atoms with Crippen LogP contribution in [0.5, 0.6) is 5.75 Å². The summed E-state index contributed by atoms with van der Waals surface area (Å²) in [4.78, 5) is 0. The molecular formula is C15H9F3O. The monoisotopic (exact) mass is 262 g/mol. The summed E-state index contributed by atoms with van der Waals surface area (Å²) in [6.07, 6.45) is -4.44. The Morgan fingerprint density at radius 3 is 1.95 bits per heavy atom. The van der Waals surface area contributed by atoms with Gasteiger partial charge in [0.2, 0.25) is 0 Å². The summed E-state index contributed by atoms with van der Waals surface area (Å²) in [7, 11) is 0. The minimum absolute atomic E-state index is 0.0196. The first-order valence-corrected chi connectivity index (χ1v) is 5.68. The molecule has 0 radical (unpaired) electrons. The second kappa shape index (κ2) is 3.88. The normalized spacial score (nSPS) is 12.2. The molecule has 3 aromatic carbocycles. The highest BCUT2D eigenvalue weighted by molar-refractivity contribution is 6.02. The van der Waals surface area contributed by atoms with E-state index in [1.165, 1.54) is 6.07 Å². The first-order valence-electron chi connectivity index (χ1n) is 5.68. The van der Waals surface area contributed by atoms with Crippen LogP contribution in [0, 0.1) is 0 Å². The van der Waals surface area contributed by atoms with E-state index in [9.17, 15) is 18.3 Å². The lowest BCUT2D eigenvalue weighted by Crippen LogP contribution is -2.05. The van der Waals surface area contributed by atoms with Crippen molar-refractivity contribution in [3.63, 3.8) is 0 Å². The van der Waals surface area contributed by atoms with Gasteiger partial charge in [-0.05, 0) is 40.4 Å². The van der Waals surface area contributed by atoms with Gasteiger partial charge >= 0.3 is 6.18 Å². The summed E-state index contributed by atoms with van der Waals surface area (Å²) in [5.41, 5.74) is -0.731. The SMILES string of the molecule is Oc1ccc(C(F)(F)F)c2cc3ccccc3cc12. The molecule has 96 valence electrons. The van der Waals surface area contributed by atoms with Gasteiger partial charge in [-0.2, -0.15) is 13.2 Å². The van der Waals surface area contributed by atoms with Gasteiger partial charge in [-0.1, -0.05) is 24.3 Å². The Labute approximate surface area is 106 Å². The van der Waals surface area contributed by atoms with Crippen LogP contribution in [0.15, 0.2) is 48.5 Å². The molecule has 0 amide bonds. The van der Waals surface area contributed by atoms with Crippen LogP contribution < -0.4 is 0 Å². The largest absolute Gasteiger partial charge is 0.507 e. The van der Waals surface area contributed by atoms with Gasteiger partial charge in [0.15, 0.2) is 0 Å². The molecule has 0 heterocycles. The number of halogens is 3. The van der Waals surface area contributed by atoms with Crippen LogP contribution in [0.4, 0.5) is 13.2 Å².